The predicted molar refractivity (Wildman–Crippen MR) is 309 cm³/mol. The van der Waals surface area contributed by atoms with Gasteiger partial charge in [-0.3, -0.25) is 0 Å². The van der Waals surface area contributed by atoms with Crippen molar-refractivity contribution in [2.24, 2.45) is 0 Å². The number of fused-ring (bicyclic) bond motifs is 15. The van der Waals surface area contributed by atoms with E-state index in [9.17, 15) is 0 Å². The summed E-state index contributed by atoms with van der Waals surface area (Å²) >= 11 is 0. The molecule has 6 aromatic heterocycles. The summed E-state index contributed by atoms with van der Waals surface area (Å²) in [5.41, 5.74) is 14.7. The van der Waals surface area contributed by atoms with E-state index in [4.69, 9.17) is 15.0 Å². The van der Waals surface area contributed by atoms with E-state index in [1.54, 1.807) is 18.5 Å². The largest absolute Gasteiger partial charge is 0.308 e. The summed E-state index contributed by atoms with van der Waals surface area (Å²) in [6, 6.07) is 84.3. The molecule has 16 rings (SSSR count). The van der Waals surface area contributed by atoms with Gasteiger partial charge >= 0.3 is 0 Å². The van der Waals surface area contributed by atoms with Crippen LogP contribution in [0.1, 0.15) is 0 Å². The minimum Gasteiger partial charge on any atom is -0.308 e. The molecule has 9 nitrogen and oxygen atoms in total. The highest BCUT2D eigenvalue weighted by molar-refractivity contribution is 6.40. The van der Waals surface area contributed by atoms with E-state index in [0.717, 1.165) is 94.2 Å². The fourth-order valence-electron chi connectivity index (χ4n) is 12.1. The lowest BCUT2D eigenvalue weighted by Gasteiger charge is -2.18. The van der Waals surface area contributed by atoms with Gasteiger partial charge in [0.05, 0.1) is 49.8 Å². The lowest BCUT2D eigenvalue weighted by atomic mass is 10.0. The Morgan fingerprint density at radius 3 is 1.13 bits per heavy atom. The monoisotopic (exact) mass is 971 g/mol. The van der Waals surface area contributed by atoms with E-state index in [0.29, 0.717) is 23.3 Å². The molecule has 354 valence electrons. The first-order valence-electron chi connectivity index (χ1n) is 25.5. The Balaban J connectivity index is 1.10. The van der Waals surface area contributed by atoms with Crippen LogP contribution in [0, 0.1) is 0 Å². The number of rotatable bonds is 7. The fourth-order valence-corrected chi connectivity index (χ4v) is 12.1. The topological polar surface area (TPSA) is 84.2 Å². The van der Waals surface area contributed by atoms with E-state index in [1.807, 2.05) is 30.3 Å². The maximum absolute atomic E-state index is 5.32. The first-order valence-corrected chi connectivity index (χ1v) is 25.5. The van der Waals surface area contributed by atoms with Gasteiger partial charge < -0.3 is 18.3 Å². The average Bonchev–Trinajstić information content (AvgIpc) is 4.37. The second kappa shape index (κ2) is 16.5. The summed E-state index contributed by atoms with van der Waals surface area (Å²) in [5.74, 6) is 1.84. The zero-order valence-corrected chi connectivity index (χ0v) is 40.7. The quantitative estimate of drug-likeness (QED) is 0.159. The van der Waals surface area contributed by atoms with Crippen LogP contribution in [0.3, 0.4) is 0 Å². The van der Waals surface area contributed by atoms with E-state index >= 15 is 0 Å². The molecule has 0 N–H and O–H groups in total. The van der Waals surface area contributed by atoms with Crippen molar-refractivity contribution >= 4 is 87.2 Å². The molecule has 0 aliphatic heterocycles. The van der Waals surface area contributed by atoms with Crippen molar-refractivity contribution in [2.45, 2.75) is 0 Å². The molecular weight excluding hydrogens is 931 g/mol. The number of nitrogens with zero attached hydrogens (tertiary/aromatic N) is 9. The van der Waals surface area contributed by atoms with Gasteiger partial charge in [0.25, 0.3) is 0 Å². The van der Waals surface area contributed by atoms with Crippen molar-refractivity contribution in [3.8, 4) is 57.2 Å². The molecule has 0 bridgehead atoms. The van der Waals surface area contributed by atoms with Crippen molar-refractivity contribution in [2.75, 3.05) is 0 Å². The third kappa shape index (κ3) is 6.11. The zero-order chi connectivity index (χ0) is 49.8. The molecule has 6 heterocycles. The highest BCUT2D eigenvalue weighted by Gasteiger charge is 2.30. The van der Waals surface area contributed by atoms with Crippen LogP contribution in [0.15, 0.2) is 249 Å². The van der Waals surface area contributed by atoms with Crippen molar-refractivity contribution < 1.29 is 0 Å². The van der Waals surface area contributed by atoms with E-state index in [-0.39, 0.29) is 0 Å². The van der Waals surface area contributed by atoms with Crippen molar-refractivity contribution in [1.82, 2.24) is 43.2 Å². The van der Waals surface area contributed by atoms with Gasteiger partial charge in [0.1, 0.15) is 0 Å². The van der Waals surface area contributed by atoms with Gasteiger partial charge in [-0.05, 0) is 78.9 Å². The molecule has 0 aliphatic rings. The maximum atomic E-state index is 5.32. The third-order valence-corrected chi connectivity index (χ3v) is 15.1. The number of hydrogen-bond acceptors (Lipinski definition) is 5. The van der Waals surface area contributed by atoms with E-state index in [1.165, 1.54) is 26.9 Å². The van der Waals surface area contributed by atoms with Crippen LogP contribution < -0.4 is 0 Å². The molecule has 0 atom stereocenters. The van der Waals surface area contributed by atoms with Crippen LogP contribution in [0.5, 0.6) is 0 Å². The highest BCUT2D eigenvalue weighted by Crippen LogP contribution is 2.51. The van der Waals surface area contributed by atoms with Gasteiger partial charge in [-0.1, -0.05) is 158 Å². The third-order valence-electron chi connectivity index (χ3n) is 15.1. The van der Waals surface area contributed by atoms with Crippen LogP contribution in [0.25, 0.3) is 144 Å². The number of para-hydroxylation sites is 7. The van der Waals surface area contributed by atoms with Crippen LogP contribution >= 0.6 is 0 Å². The van der Waals surface area contributed by atoms with Crippen LogP contribution in [0.4, 0.5) is 0 Å². The maximum Gasteiger partial charge on any atom is 0.201 e. The fraction of sp³-hybridized carbons (Fsp3) is 0. The minimum atomic E-state index is 0.388. The van der Waals surface area contributed by atoms with Crippen molar-refractivity contribution in [3.63, 3.8) is 0 Å². The molecule has 0 aliphatic carbocycles. The van der Waals surface area contributed by atoms with Gasteiger partial charge in [-0.2, -0.15) is 0 Å². The van der Waals surface area contributed by atoms with Gasteiger partial charge in [0.15, 0.2) is 17.5 Å². The van der Waals surface area contributed by atoms with Crippen LogP contribution in [-0.4, -0.2) is 43.2 Å². The molecular formula is C67H41N9. The summed E-state index contributed by atoms with van der Waals surface area (Å²) in [5, 5.41) is 9.37. The van der Waals surface area contributed by atoms with E-state index < -0.39 is 0 Å². The number of aromatic nitrogens is 9. The smallest absolute Gasteiger partial charge is 0.201 e. The SMILES string of the molecule is c1ccc(-c2nc(-c3ncccn3)nc(-c3ccc(-n4c5ccccc5c5c6c(c7ccccc7n6-c6ccccc6)c6c(c7ccccc7n6-c6ccccc6)c54)cc3-n3c4ccccc4c4ccccc43)n2)cc1. The average molecular weight is 972 g/mol. The second-order valence-electron chi connectivity index (χ2n) is 19.2. The molecule has 0 saturated carbocycles. The standard InChI is InChI=1S/C67H41N9/c1-4-21-42(22-5-1)64-70-65(72-67(71-64)66-68-39-20-40-69-66)51-38-37-45(41-57(51)76-52-32-15-10-27-46(52)47-28-11-16-33-53(47)76)75-56-36-19-14-31-50(56)60-62-58(48-29-12-17-34-54(48)73(62)43-23-6-2-7-24-43)61-59(63(60)75)49-30-13-18-35-55(49)74(61)44-25-8-3-9-26-44/h1-41H. The number of hydrogen-bond donors (Lipinski definition) is 0. The molecule has 0 radical (unpaired) electrons. The van der Waals surface area contributed by atoms with Crippen LogP contribution in [-0.2, 0) is 0 Å². The molecule has 0 fully saturated rings. The Labute approximate surface area is 434 Å². The first-order chi connectivity index (χ1) is 37.8. The predicted octanol–water partition coefficient (Wildman–Crippen LogP) is 16.1. The second-order valence-corrected chi connectivity index (χ2v) is 19.2. The molecule has 0 unspecified atom stereocenters. The lowest BCUT2D eigenvalue weighted by Crippen LogP contribution is -2.06. The molecule has 0 saturated heterocycles. The molecule has 76 heavy (non-hydrogen) atoms. The Bertz CT molecular complexity index is 4790. The summed E-state index contributed by atoms with van der Waals surface area (Å²) in [7, 11) is 0. The summed E-state index contributed by atoms with van der Waals surface area (Å²) < 4.78 is 9.86. The first kappa shape index (κ1) is 42.0. The molecule has 0 amide bonds. The zero-order valence-electron chi connectivity index (χ0n) is 40.7. The Morgan fingerprint density at radius 1 is 0.263 bits per heavy atom. The Morgan fingerprint density at radius 2 is 0.645 bits per heavy atom. The highest BCUT2D eigenvalue weighted by atomic mass is 15.1. The summed E-state index contributed by atoms with van der Waals surface area (Å²) in [6.45, 7) is 0. The molecule has 9 heteroatoms. The molecule has 10 aromatic carbocycles. The Hall–Kier alpha value is -10.5. The summed E-state index contributed by atoms with van der Waals surface area (Å²) in [6.07, 6.45) is 3.44. The molecule has 0 spiro atoms. The van der Waals surface area contributed by atoms with Crippen LogP contribution in [0.2, 0.25) is 0 Å². The van der Waals surface area contributed by atoms with Gasteiger partial charge in [0.2, 0.25) is 5.82 Å². The van der Waals surface area contributed by atoms with Gasteiger partial charge in [0, 0.05) is 83.7 Å². The van der Waals surface area contributed by atoms with Crippen molar-refractivity contribution in [1.29, 1.82) is 0 Å². The Kier molecular flexibility index (Phi) is 9.13. The number of benzene rings is 10. The van der Waals surface area contributed by atoms with Crippen molar-refractivity contribution in [3.05, 3.63) is 249 Å². The molecule has 16 aromatic rings. The van der Waals surface area contributed by atoms with E-state index in [2.05, 4.69) is 228 Å². The summed E-state index contributed by atoms with van der Waals surface area (Å²) in [4.78, 5) is 24.8. The minimum absolute atomic E-state index is 0.388. The van der Waals surface area contributed by atoms with Gasteiger partial charge in [-0.15, -0.1) is 0 Å². The van der Waals surface area contributed by atoms with Gasteiger partial charge in [-0.25, -0.2) is 24.9 Å². The lowest BCUT2D eigenvalue weighted by molar-refractivity contribution is 1.02. The normalized spacial score (nSPS) is 11.9.